The standard InChI is InChI=1S/C19H16FN3O4/c20-14-3-1-2-13(9-14)19-22-18(27-23-19)7-6-17(24)21-10-12-4-5-15-16(8-12)26-11-25-15/h1-5,8-9H,6-7,10-11H2,(H,21,24). The van der Waals surface area contributed by atoms with E-state index >= 15 is 0 Å². The van der Waals surface area contributed by atoms with Crippen molar-refractivity contribution in [2.75, 3.05) is 6.79 Å². The van der Waals surface area contributed by atoms with Crippen LogP contribution in [0, 0.1) is 5.82 Å². The zero-order chi connectivity index (χ0) is 18.6. The Kier molecular flexibility index (Phi) is 4.69. The lowest BCUT2D eigenvalue weighted by molar-refractivity contribution is -0.121. The van der Waals surface area contributed by atoms with Crippen molar-refractivity contribution in [1.29, 1.82) is 0 Å². The highest BCUT2D eigenvalue weighted by atomic mass is 19.1. The fourth-order valence-electron chi connectivity index (χ4n) is 2.66. The Bertz CT molecular complexity index is 973. The molecule has 0 radical (unpaired) electrons. The van der Waals surface area contributed by atoms with Gasteiger partial charge in [0.1, 0.15) is 5.82 Å². The number of carbonyl (C=O) groups is 1. The van der Waals surface area contributed by atoms with E-state index < -0.39 is 0 Å². The van der Waals surface area contributed by atoms with Gasteiger partial charge in [-0.2, -0.15) is 4.98 Å². The predicted molar refractivity (Wildman–Crippen MR) is 92.4 cm³/mol. The molecule has 0 spiro atoms. The summed E-state index contributed by atoms with van der Waals surface area (Å²) in [5, 5.41) is 6.65. The number of hydrogen-bond donors (Lipinski definition) is 1. The maximum Gasteiger partial charge on any atom is 0.231 e. The summed E-state index contributed by atoms with van der Waals surface area (Å²) in [6.07, 6.45) is 0.505. The third-order valence-corrected chi connectivity index (χ3v) is 4.04. The Balaban J connectivity index is 1.28. The van der Waals surface area contributed by atoms with Crippen LogP contribution in [0.25, 0.3) is 11.4 Å². The molecule has 2 heterocycles. The number of ether oxygens (including phenoxy) is 2. The monoisotopic (exact) mass is 369 g/mol. The van der Waals surface area contributed by atoms with E-state index in [1.807, 2.05) is 18.2 Å². The number of halogens is 1. The Labute approximate surface area is 154 Å². The third kappa shape index (κ3) is 4.05. The molecule has 0 unspecified atom stereocenters. The van der Waals surface area contributed by atoms with Gasteiger partial charge < -0.3 is 19.3 Å². The zero-order valence-corrected chi connectivity index (χ0v) is 14.3. The normalized spacial score (nSPS) is 12.2. The number of carbonyl (C=O) groups excluding carboxylic acids is 1. The van der Waals surface area contributed by atoms with Crippen molar-refractivity contribution >= 4 is 5.91 Å². The second-order valence-electron chi connectivity index (χ2n) is 5.99. The number of fused-ring (bicyclic) bond motifs is 1. The number of amides is 1. The average Bonchev–Trinajstić information content (AvgIpc) is 3.33. The second kappa shape index (κ2) is 7.45. The van der Waals surface area contributed by atoms with E-state index in [1.54, 1.807) is 12.1 Å². The van der Waals surface area contributed by atoms with E-state index in [0.29, 0.717) is 41.7 Å². The Hall–Kier alpha value is -3.42. The Morgan fingerprint density at radius 1 is 1.15 bits per heavy atom. The summed E-state index contributed by atoms with van der Waals surface area (Å²) in [5.74, 6) is 1.49. The van der Waals surface area contributed by atoms with Crippen LogP contribution in [0.15, 0.2) is 47.0 Å². The fraction of sp³-hybridized carbons (Fsp3) is 0.211. The number of rotatable bonds is 6. The number of aromatic nitrogens is 2. The van der Waals surface area contributed by atoms with E-state index in [0.717, 1.165) is 5.56 Å². The third-order valence-electron chi connectivity index (χ3n) is 4.04. The van der Waals surface area contributed by atoms with Gasteiger partial charge in [-0.25, -0.2) is 4.39 Å². The molecule has 0 bridgehead atoms. The van der Waals surface area contributed by atoms with Crippen molar-refractivity contribution in [3.8, 4) is 22.9 Å². The largest absolute Gasteiger partial charge is 0.454 e. The second-order valence-corrected chi connectivity index (χ2v) is 5.99. The topological polar surface area (TPSA) is 86.5 Å². The van der Waals surface area contributed by atoms with Gasteiger partial charge in [-0.05, 0) is 29.8 Å². The number of nitrogens with zero attached hydrogens (tertiary/aromatic N) is 2. The van der Waals surface area contributed by atoms with Gasteiger partial charge in [0.15, 0.2) is 11.5 Å². The molecule has 0 saturated heterocycles. The highest BCUT2D eigenvalue weighted by Crippen LogP contribution is 2.32. The van der Waals surface area contributed by atoms with Crippen LogP contribution in [0.4, 0.5) is 4.39 Å². The summed E-state index contributed by atoms with van der Waals surface area (Å²) in [4.78, 5) is 16.2. The van der Waals surface area contributed by atoms with E-state index in [2.05, 4.69) is 15.5 Å². The van der Waals surface area contributed by atoms with Gasteiger partial charge in [0.25, 0.3) is 0 Å². The molecule has 1 aromatic heterocycles. The molecular weight excluding hydrogens is 353 g/mol. The molecule has 0 atom stereocenters. The molecule has 1 aliphatic rings. The molecule has 1 N–H and O–H groups in total. The summed E-state index contributed by atoms with van der Waals surface area (Å²) in [6.45, 7) is 0.598. The Morgan fingerprint density at radius 2 is 2.04 bits per heavy atom. The molecular formula is C19H16FN3O4. The van der Waals surface area contributed by atoms with E-state index in [1.165, 1.54) is 12.1 Å². The molecule has 1 aliphatic heterocycles. The minimum atomic E-state index is -0.373. The van der Waals surface area contributed by atoms with Crippen LogP contribution in [0.3, 0.4) is 0 Å². The minimum Gasteiger partial charge on any atom is -0.454 e. The van der Waals surface area contributed by atoms with Crippen LogP contribution in [-0.2, 0) is 17.8 Å². The first-order valence-corrected chi connectivity index (χ1v) is 8.41. The summed E-state index contributed by atoms with van der Waals surface area (Å²) < 4.78 is 29.0. The number of aryl methyl sites for hydroxylation is 1. The molecule has 2 aromatic carbocycles. The lowest BCUT2D eigenvalue weighted by atomic mass is 10.2. The SMILES string of the molecule is O=C(CCc1nc(-c2cccc(F)c2)no1)NCc1ccc2c(c1)OCO2. The van der Waals surface area contributed by atoms with Crippen LogP contribution in [0.5, 0.6) is 11.5 Å². The van der Waals surface area contributed by atoms with Gasteiger partial charge in [0.2, 0.25) is 24.4 Å². The van der Waals surface area contributed by atoms with Crippen molar-refractivity contribution in [1.82, 2.24) is 15.5 Å². The maximum atomic E-state index is 13.3. The van der Waals surface area contributed by atoms with E-state index in [9.17, 15) is 9.18 Å². The van der Waals surface area contributed by atoms with Gasteiger partial charge in [-0.15, -0.1) is 0 Å². The van der Waals surface area contributed by atoms with Crippen molar-refractivity contribution in [2.24, 2.45) is 0 Å². The smallest absolute Gasteiger partial charge is 0.231 e. The summed E-state index contributed by atoms with van der Waals surface area (Å²) in [5.41, 5.74) is 1.44. The molecule has 3 aromatic rings. The molecule has 0 saturated carbocycles. The number of benzene rings is 2. The first-order chi connectivity index (χ1) is 13.2. The molecule has 1 amide bonds. The van der Waals surface area contributed by atoms with Crippen molar-refractivity contribution < 1.29 is 23.2 Å². The van der Waals surface area contributed by atoms with Crippen molar-refractivity contribution in [3.05, 3.63) is 59.7 Å². The summed E-state index contributed by atoms with van der Waals surface area (Å²) in [7, 11) is 0. The quantitative estimate of drug-likeness (QED) is 0.719. The lowest BCUT2D eigenvalue weighted by Crippen LogP contribution is -2.23. The first kappa shape index (κ1) is 17.0. The van der Waals surface area contributed by atoms with E-state index in [-0.39, 0.29) is 24.9 Å². The number of hydrogen-bond acceptors (Lipinski definition) is 6. The molecule has 4 rings (SSSR count). The zero-order valence-electron chi connectivity index (χ0n) is 14.3. The predicted octanol–water partition coefficient (Wildman–Crippen LogP) is 2.85. The van der Waals surface area contributed by atoms with Gasteiger partial charge in [0.05, 0.1) is 0 Å². The number of nitrogens with one attached hydrogen (secondary N) is 1. The van der Waals surface area contributed by atoms with Gasteiger partial charge >= 0.3 is 0 Å². The van der Waals surface area contributed by atoms with Gasteiger partial charge in [0, 0.05) is 24.9 Å². The van der Waals surface area contributed by atoms with Crippen LogP contribution in [0.1, 0.15) is 17.9 Å². The van der Waals surface area contributed by atoms with Crippen molar-refractivity contribution in [3.63, 3.8) is 0 Å². The van der Waals surface area contributed by atoms with Crippen LogP contribution in [-0.4, -0.2) is 22.8 Å². The van der Waals surface area contributed by atoms with E-state index in [4.69, 9.17) is 14.0 Å². The minimum absolute atomic E-state index is 0.141. The molecule has 0 aliphatic carbocycles. The maximum absolute atomic E-state index is 13.3. The summed E-state index contributed by atoms with van der Waals surface area (Å²) in [6, 6.07) is 11.5. The van der Waals surface area contributed by atoms with Crippen LogP contribution >= 0.6 is 0 Å². The highest BCUT2D eigenvalue weighted by molar-refractivity contribution is 5.76. The molecule has 138 valence electrons. The lowest BCUT2D eigenvalue weighted by Gasteiger charge is -2.05. The Morgan fingerprint density at radius 3 is 2.93 bits per heavy atom. The highest BCUT2D eigenvalue weighted by Gasteiger charge is 2.14. The molecule has 27 heavy (non-hydrogen) atoms. The van der Waals surface area contributed by atoms with Gasteiger partial charge in [-0.1, -0.05) is 23.4 Å². The van der Waals surface area contributed by atoms with Crippen LogP contribution < -0.4 is 14.8 Å². The summed E-state index contributed by atoms with van der Waals surface area (Å²) >= 11 is 0. The first-order valence-electron chi connectivity index (χ1n) is 8.41. The molecule has 8 heteroatoms. The van der Waals surface area contributed by atoms with Crippen LogP contribution in [0.2, 0.25) is 0 Å². The van der Waals surface area contributed by atoms with Crippen molar-refractivity contribution in [2.45, 2.75) is 19.4 Å². The van der Waals surface area contributed by atoms with Gasteiger partial charge in [-0.3, -0.25) is 4.79 Å². The average molecular weight is 369 g/mol. The molecule has 7 nitrogen and oxygen atoms in total. The fourth-order valence-corrected chi connectivity index (χ4v) is 2.66. The molecule has 0 fully saturated rings.